The van der Waals surface area contributed by atoms with Gasteiger partial charge in [-0.1, -0.05) is 0 Å². The molecule has 3 N–H and O–H groups in total. The van der Waals surface area contributed by atoms with Gasteiger partial charge in [0.05, 0.1) is 0 Å². The van der Waals surface area contributed by atoms with Crippen LogP contribution in [0.2, 0.25) is 0 Å². The maximum absolute atomic E-state index is 12.3. The molecule has 0 saturated carbocycles. The van der Waals surface area contributed by atoms with E-state index in [1.165, 1.54) is 6.42 Å². The number of nitrogens with one attached hydrogen (secondary N) is 1. The SMILES string of the molecule is NCCC1CCCCN1C(=O)C1CCC(=O)N1. The molecule has 2 fully saturated rings. The van der Waals surface area contributed by atoms with E-state index in [9.17, 15) is 9.59 Å². The van der Waals surface area contributed by atoms with Gasteiger partial charge in [0.2, 0.25) is 11.8 Å². The monoisotopic (exact) mass is 239 g/mol. The number of nitrogens with two attached hydrogens (primary N) is 1. The number of hydrogen-bond acceptors (Lipinski definition) is 3. The van der Waals surface area contributed by atoms with Gasteiger partial charge in [0.15, 0.2) is 0 Å². The van der Waals surface area contributed by atoms with Gasteiger partial charge in [0, 0.05) is 19.0 Å². The number of carbonyl (C=O) groups is 2. The summed E-state index contributed by atoms with van der Waals surface area (Å²) in [6.07, 6.45) is 5.27. The molecule has 5 nitrogen and oxygen atoms in total. The molecular weight excluding hydrogens is 218 g/mol. The highest BCUT2D eigenvalue weighted by Crippen LogP contribution is 2.22. The lowest BCUT2D eigenvalue weighted by molar-refractivity contribution is -0.137. The molecule has 0 aliphatic carbocycles. The van der Waals surface area contributed by atoms with Gasteiger partial charge in [-0.2, -0.15) is 0 Å². The van der Waals surface area contributed by atoms with Gasteiger partial charge in [-0.3, -0.25) is 9.59 Å². The standard InChI is InChI=1S/C12H21N3O2/c13-7-6-9-3-1-2-8-15(9)12(17)10-4-5-11(16)14-10/h9-10H,1-8,13H2,(H,14,16). The van der Waals surface area contributed by atoms with Crippen molar-refractivity contribution in [2.75, 3.05) is 13.1 Å². The molecule has 2 atom stereocenters. The highest BCUT2D eigenvalue weighted by atomic mass is 16.2. The second-order valence-electron chi connectivity index (χ2n) is 4.92. The average molecular weight is 239 g/mol. The molecule has 0 aromatic rings. The fourth-order valence-electron chi connectivity index (χ4n) is 2.78. The number of carbonyl (C=O) groups excluding carboxylic acids is 2. The van der Waals surface area contributed by atoms with E-state index in [0.717, 1.165) is 25.8 Å². The fraction of sp³-hybridized carbons (Fsp3) is 0.833. The molecular formula is C12H21N3O2. The van der Waals surface area contributed by atoms with Crippen LogP contribution in [0.15, 0.2) is 0 Å². The fourth-order valence-corrected chi connectivity index (χ4v) is 2.78. The van der Waals surface area contributed by atoms with Gasteiger partial charge in [-0.25, -0.2) is 0 Å². The van der Waals surface area contributed by atoms with Crippen LogP contribution in [0.1, 0.15) is 38.5 Å². The van der Waals surface area contributed by atoms with E-state index in [1.807, 2.05) is 4.90 Å². The van der Waals surface area contributed by atoms with Crippen molar-refractivity contribution < 1.29 is 9.59 Å². The lowest BCUT2D eigenvalue weighted by atomic mass is 9.98. The van der Waals surface area contributed by atoms with Crippen molar-refractivity contribution in [1.82, 2.24) is 10.2 Å². The quantitative estimate of drug-likeness (QED) is 0.727. The van der Waals surface area contributed by atoms with Crippen molar-refractivity contribution in [3.8, 4) is 0 Å². The number of amides is 2. The molecule has 2 unspecified atom stereocenters. The van der Waals surface area contributed by atoms with Crippen LogP contribution < -0.4 is 11.1 Å². The van der Waals surface area contributed by atoms with Crippen molar-refractivity contribution in [2.24, 2.45) is 5.73 Å². The van der Waals surface area contributed by atoms with Crippen LogP contribution in [0.5, 0.6) is 0 Å². The third-order valence-electron chi connectivity index (χ3n) is 3.70. The first kappa shape index (κ1) is 12.4. The Bertz CT molecular complexity index is 304. The minimum Gasteiger partial charge on any atom is -0.344 e. The summed E-state index contributed by atoms with van der Waals surface area (Å²) in [6.45, 7) is 1.43. The summed E-state index contributed by atoms with van der Waals surface area (Å²) in [5.41, 5.74) is 5.59. The van der Waals surface area contributed by atoms with E-state index in [4.69, 9.17) is 5.73 Å². The van der Waals surface area contributed by atoms with E-state index < -0.39 is 0 Å². The first-order chi connectivity index (χ1) is 8.22. The number of likely N-dealkylation sites (tertiary alicyclic amines) is 1. The molecule has 0 spiro atoms. The maximum Gasteiger partial charge on any atom is 0.245 e. The number of rotatable bonds is 3. The molecule has 5 heteroatoms. The van der Waals surface area contributed by atoms with Crippen LogP contribution in [0.25, 0.3) is 0 Å². The van der Waals surface area contributed by atoms with Crippen LogP contribution in [0.4, 0.5) is 0 Å². The Morgan fingerprint density at radius 1 is 1.41 bits per heavy atom. The molecule has 2 rings (SSSR count). The zero-order valence-corrected chi connectivity index (χ0v) is 10.2. The van der Waals surface area contributed by atoms with E-state index in [-0.39, 0.29) is 23.9 Å². The Labute approximate surface area is 102 Å². The number of piperidine rings is 1. The van der Waals surface area contributed by atoms with Gasteiger partial charge in [0.1, 0.15) is 6.04 Å². The van der Waals surface area contributed by atoms with Gasteiger partial charge in [-0.05, 0) is 38.6 Å². The zero-order valence-electron chi connectivity index (χ0n) is 10.2. The predicted octanol–water partition coefficient (Wildman–Crippen LogP) is -0.00510. The summed E-state index contributed by atoms with van der Waals surface area (Å²) in [6, 6.07) is -0.0142. The summed E-state index contributed by atoms with van der Waals surface area (Å²) in [5.74, 6) is 0.0877. The average Bonchev–Trinajstić information content (AvgIpc) is 2.76. The highest BCUT2D eigenvalue weighted by Gasteiger charge is 2.34. The van der Waals surface area contributed by atoms with Crippen molar-refractivity contribution in [2.45, 2.75) is 50.6 Å². The van der Waals surface area contributed by atoms with Crippen molar-refractivity contribution in [1.29, 1.82) is 0 Å². The van der Waals surface area contributed by atoms with Crippen LogP contribution in [-0.2, 0) is 9.59 Å². The molecule has 0 aromatic heterocycles. The molecule has 2 aliphatic rings. The largest absolute Gasteiger partial charge is 0.344 e. The summed E-state index contributed by atoms with van der Waals surface area (Å²) >= 11 is 0. The summed E-state index contributed by atoms with van der Waals surface area (Å²) < 4.78 is 0. The Kier molecular flexibility index (Phi) is 3.99. The minimum atomic E-state index is -0.291. The van der Waals surface area contributed by atoms with Crippen LogP contribution >= 0.6 is 0 Å². The topological polar surface area (TPSA) is 75.4 Å². The van der Waals surface area contributed by atoms with Crippen LogP contribution in [-0.4, -0.2) is 41.9 Å². The Balaban J connectivity index is 1.98. The number of hydrogen-bond donors (Lipinski definition) is 2. The second kappa shape index (κ2) is 5.49. The van der Waals surface area contributed by atoms with Crippen molar-refractivity contribution in [3.63, 3.8) is 0 Å². The molecule has 0 aromatic carbocycles. The maximum atomic E-state index is 12.3. The Hall–Kier alpha value is -1.10. The Morgan fingerprint density at radius 3 is 2.88 bits per heavy atom. The van der Waals surface area contributed by atoms with E-state index in [0.29, 0.717) is 19.4 Å². The highest BCUT2D eigenvalue weighted by molar-refractivity contribution is 5.91. The summed E-state index contributed by atoms with van der Waals surface area (Å²) in [7, 11) is 0. The van der Waals surface area contributed by atoms with Gasteiger partial charge >= 0.3 is 0 Å². The molecule has 17 heavy (non-hydrogen) atoms. The number of nitrogens with zero attached hydrogens (tertiary/aromatic N) is 1. The zero-order chi connectivity index (χ0) is 12.3. The third kappa shape index (κ3) is 2.77. The molecule has 2 aliphatic heterocycles. The normalized spacial score (nSPS) is 29.2. The minimum absolute atomic E-state index is 0.00395. The molecule has 96 valence electrons. The van der Waals surface area contributed by atoms with Gasteiger partial charge < -0.3 is 16.0 Å². The first-order valence-electron chi connectivity index (χ1n) is 6.52. The van der Waals surface area contributed by atoms with E-state index >= 15 is 0 Å². The third-order valence-corrected chi connectivity index (χ3v) is 3.70. The predicted molar refractivity (Wildman–Crippen MR) is 64.2 cm³/mol. The van der Waals surface area contributed by atoms with Crippen molar-refractivity contribution in [3.05, 3.63) is 0 Å². The van der Waals surface area contributed by atoms with Gasteiger partial charge in [0.25, 0.3) is 0 Å². The lowest BCUT2D eigenvalue weighted by Gasteiger charge is -2.37. The van der Waals surface area contributed by atoms with Gasteiger partial charge in [-0.15, -0.1) is 0 Å². The molecule has 2 amide bonds. The second-order valence-corrected chi connectivity index (χ2v) is 4.92. The first-order valence-corrected chi connectivity index (χ1v) is 6.52. The molecule has 2 heterocycles. The molecule has 0 bridgehead atoms. The molecule has 0 radical (unpaired) electrons. The van der Waals surface area contributed by atoms with Crippen LogP contribution in [0.3, 0.4) is 0 Å². The van der Waals surface area contributed by atoms with Crippen molar-refractivity contribution >= 4 is 11.8 Å². The molecule has 2 saturated heterocycles. The Morgan fingerprint density at radius 2 is 2.24 bits per heavy atom. The van der Waals surface area contributed by atoms with E-state index in [1.54, 1.807) is 0 Å². The summed E-state index contributed by atoms with van der Waals surface area (Å²) in [4.78, 5) is 25.4. The van der Waals surface area contributed by atoms with Crippen LogP contribution in [0, 0.1) is 0 Å². The lowest BCUT2D eigenvalue weighted by Crippen LogP contribution is -2.51. The van der Waals surface area contributed by atoms with E-state index in [2.05, 4.69) is 5.32 Å². The summed E-state index contributed by atoms with van der Waals surface area (Å²) in [5, 5.41) is 2.75. The smallest absolute Gasteiger partial charge is 0.245 e.